The molecule has 4 fully saturated rings. The molecule has 10 atom stereocenters. The van der Waals surface area contributed by atoms with E-state index in [0.29, 0.717) is 29.0 Å². The number of ketones is 1. The van der Waals surface area contributed by atoms with Crippen LogP contribution in [0.3, 0.4) is 0 Å². The standard InChI is InChI=1S/C30H48O2/c1-18-9-12-27(5)15-16-29(7)20(24(27)19(18)2)17-21(31)25-28(6)13-11-23(32)26(3,4)22(28)10-14-30(25,29)8/h17-19,22-25,32H,9-16H2,1-8H3/t18-,19+,22?,23+,24?,25?,27-,28+,29-,30-/m1/s1. The van der Waals surface area contributed by atoms with Gasteiger partial charge in [-0.2, -0.15) is 0 Å². The van der Waals surface area contributed by atoms with E-state index in [1.165, 1.54) is 31.3 Å². The monoisotopic (exact) mass is 440 g/mol. The molecule has 0 amide bonds. The summed E-state index contributed by atoms with van der Waals surface area (Å²) in [4.78, 5) is 14.2. The quantitative estimate of drug-likeness (QED) is 0.432. The van der Waals surface area contributed by atoms with Crippen molar-refractivity contribution in [2.24, 2.45) is 56.7 Å². The lowest BCUT2D eigenvalue weighted by atomic mass is 9.33. The predicted octanol–water partition coefficient (Wildman–Crippen LogP) is 7.20. The van der Waals surface area contributed by atoms with E-state index < -0.39 is 0 Å². The Morgan fingerprint density at radius 2 is 1.56 bits per heavy atom. The van der Waals surface area contributed by atoms with Crippen LogP contribution in [-0.2, 0) is 4.79 Å². The Balaban J connectivity index is 1.64. The number of carbonyl (C=O) groups excluding carboxylic acids is 1. The summed E-state index contributed by atoms with van der Waals surface area (Å²) in [6.07, 6.45) is 11.3. The van der Waals surface area contributed by atoms with Crippen LogP contribution in [0.2, 0.25) is 0 Å². The van der Waals surface area contributed by atoms with Crippen molar-refractivity contribution in [3.05, 3.63) is 11.6 Å². The summed E-state index contributed by atoms with van der Waals surface area (Å²) in [5, 5.41) is 10.9. The Kier molecular flexibility index (Phi) is 4.87. The molecule has 2 nitrogen and oxygen atoms in total. The first-order valence-electron chi connectivity index (χ1n) is 13.7. The topological polar surface area (TPSA) is 37.3 Å². The molecule has 0 aliphatic heterocycles. The summed E-state index contributed by atoms with van der Waals surface area (Å²) in [7, 11) is 0. The summed E-state index contributed by atoms with van der Waals surface area (Å²) in [5.74, 6) is 2.89. The molecule has 0 radical (unpaired) electrons. The van der Waals surface area contributed by atoms with Crippen molar-refractivity contribution in [2.75, 3.05) is 0 Å². The highest BCUT2D eigenvalue weighted by molar-refractivity contribution is 5.95. The minimum atomic E-state index is -0.245. The summed E-state index contributed by atoms with van der Waals surface area (Å²) < 4.78 is 0. The Morgan fingerprint density at radius 1 is 0.875 bits per heavy atom. The zero-order valence-electron chi connectivity index (χ0n) is 22.1. The van der Waals surface area contributed by atoms with Gasteiger partial charge in [0.15, 0.2) is 5.78 Å². The lowest BCUT2D eigenvalue weighted by molar-refractivity contribution is -0.202. The van der Waals surface area contributed by atoms with Gasteiger partial charge in [0.05, 0.1) is 6.10 Å². The van der Waals surface area contributed by atoms with Gasteiger partial charge in [0.1, 0.15) is 0 Å². The third kappa shape index (κ3) is 2.60. The molecule has 0 aromatic heterocycles. The Labute approximate surface area is 197 Å². The number of rotatable bonds is 0. The second-order valence-electron chi connectivity index (χ2n) is 14.7. The fourth-order valence-electron chi connectivity index (χ4n) is 10.7. The SMILES string of the molecule is C[C@@H]1CC[C@]2(C)CC[C@]3(C)C(=CC(=O)C4[C@@]5(C)CC[C@H](O)C(C)(C)C5CC[C@]43C)C2[C@H]1C. The van der Waals surface area contributed by atoms with Crippen LogP contribution in [0.15, 0.2) is 11.6 Å². The Bertz CT molecular complexity index is 855. The lowest BCUT2D eigenvalue weighted by Gasteiger charge is -2.70. The molecule has 0 spiro atoms. The molecule has 5 rings (SSSR count). The Morgan fingerprint density at radius 3 is 2.25 bits per heavy atom. The van der Waals surface area contributed by atoms with Crippen LogP contribution in [0.1, 0.15) is 107 Å². The molecule has 0 heterocycles. The largest absolute Gasteiger partial charge is 0.393 e. The summed E-state index contributed by atoms with van der Waals surface area (Å²) in [6, 6.07) is 0. The first-order valence-corrected chi connectivity index (χ1v) is 13.7. The maximum atomic E-state index is 14.2. The lowest BCUT2D eigenvalue weighted by Crippen LogP contribution is -2.66. The van der Waals surface area contributed by atoms with Crippen molar-refractivity contribution >= 4 is 5.78 Å². The van der Waals surface area contributed by atoms with E-state index in [0.717, 1.165) is 31.6 Å². The van der Waals surface area contributed by atoms with E-state index in [9.17, 15) is 9.90 Å². The normalized spacial score (nSPS) is 56.9. The van der Waals surface area contributed by atoms with Crippen molar-refractivity contribution in [1.82, 2.24) is 0 Å². The van der Waals surface area contributed by atoms with Crippen LogP contribution in [0.25, 0.3) is 0 Å². The second-order valence-corrected chi connectivity index (χ2v) is 14.7. The van der Waals surface area contributed by atoms with Gasteiger partial charge in [0.25, 0.3) is 0 Å². The number of hydrogen-bond donors (Lipinski definition) is 1. The molecule has 0 aromatic carbocycles. The average molecular weight is 441 g/mol. The minimum absolute atomic E-state index is 0.00984. The molecule has 180 valence electrons. The van der Waals surface area contributed by atoms with Gasteiger partial charge < -0.3 is 5.11 Å². The molecule has 5 aliphatic rings. The Hall–Kier alpha value is -0.630. The molecule has 5 aliphatic carbocycles. The van der Waals surface area contributed by atoms with E-state index in [4.69, 9.17) is 0 Å². The highest BCUT2D eigenvalue weighted by Gasteiger charge is 2.70. The van der Waals surface area contributed by atoms with E-state index in [1.54, 1.807) is 0 Å². The van der Waals surface area contributed by atoms with Crippen molar-refractivity contribution < 1.29 is 9.90 Å². The number of aliphatic hydroxyl groups excluding tert-OH is 1. The van der Waals surface area contributed by atoms with Crippen molar-refractivity contribution in [1.29, 1.82) is 0 Å². The molecule has 4 saturated carbocycles. The van der Waals surface area contributed by atoms with E-state index in [1.807, 2.05) is 0 Å². The van der Waals surface area contributed by atoms with Gasteiger partial charge in [0.2, 0.25) is 0 Å². The van der Waals surface area contributed by atoms with Crippen LogP contribution in [0.5, 0.6) is 0 Å². The number of allylic oxidation sites excluding steroid dienone is 2. The third-order valence-electron chi connectivity index (χ3n) is 13.1. The number of aliphatic hydroxyl groups is 1. The summed E-state index contributed by atoms with van der Waals surface area (Å²) in [6.45, 7) is 19.4. The zero-order valence-corrected chi connectivity index (χ0v) is 22.1. The molecule has 2 heteroatoms. The van der Waals surface area contributed by atoms with E-state index in [2.05, 4.69) is 61.5 Å². The molecule has 1 N–H and O–H groups in total. The van der Waals surface area contributed by atoms with Crippen LogP contribution in [0, 0.1) is 56.7 Å². The first-order chi connectivity index (χ1) is 14.7. The van der Waals surface area contributed by atoms with Gasteiger partial charge in [-0.3, -0.25) is 4.79 Å². The summed E-state index contributed by atoms with van der Waals surface area (Å²) >= 11 is 0. The van der Waals surface area contributed by atoms with Crippen LogP contribution < -0.4 is 0 Å². The smallest absolute Gasteiger partial charge is 0.159 e. The number of fused-ring (bicyclic) bond motifs is 7. The van der Waals surface area contributed by atoms with Gasteiger partial charge >= 0.3 is 0 Å². The molecule has 32 heavy (non-hydrogen) atoms. The number of hydrogen-bond acceptors (Lipinski definition) is 2. The minimum Gasteiger partial charge on any atom is -0.393 e. The van der Waals surface area contributed by atoms with Crippen molar-refractivity contribution in [3.8, 4) is 0 Å². The maximum Gasteiger partial charge on any atom is 0.159 e. The maximum absolute atomic E-state index is 14.2. The van der Waals surface area contributed by atoms with Gasteiger partial charge in [-0.25, -0.2) is 0 Å². The highest BCUT2D eigenvalue weighted by atomic mass is 16.3. The third-order valence-corrected chi connectivity index (χ3v) is 13.1. The van der Waals surface area contributed by atoms with Crippen LogP contribution in [-0.4, -0.2) is 17.0 Å². The first kappa shape index (κ1) is 23.1. The van der Waals surface area contributed by atoms with E-state index >= 15 is 0 Å². The molecule has 0 saturated heterocycles. The van der Waals surface area contributed by atoms with E-state index in [-0.39, 0.29) is 33.7 Å². The highest BCUT2D eigenvalue weighted by Crippen LogP contribution is 2.75. The summed E-state index contributed by atoms with van der Waals surface area (Å²) in [5.41, 5.74) is 1.92. The molecule has 0 bridgehead atoms. The fraction of sp³-hybridized carbons (Fsp3) is 0.900. The van der Waals surface area contributed by atoms with Gasteiger partial charge in [-0.15, -0.1) is 0 Å². The average Bonchev–Trinajstić information content (AvgIpc) is 2.70. The molecule has 0 aromatic rings. The zero-order chi connectivity index (χ0) is 23.5. The molecular weight excluding hydrogens is 392 g/mol. The van der Waals surface area contributed by atoms with Gasteiger partial charge in [0, 0.05) is 5.92 Å². The second kappa shape index (κ2) is 6.73. The van der Waals surface area contributed by atoms with Gasteiger partial charge in [-0.05, 0) is 108 Å². The fourth-order valence-corrected chi connectivity index (χ4v) is 10.7. The molecular formula is C30H48O2. The van der Waals surface area contributed by atoms with Gasteiger partial charge in [-0.1, -0.05) is 61.0 Å². The predicted molar refractivity (Wildman–Crippen MR) is 131 cm³/mol. The van der Waals surface area contributed by atoms with Crippen molar-refractivity contribution in [3.63, 3.8) is 0 Å². The van der Waals surface area contributed by atoms with Crippen molar-refractivity contribution in [2.45, 2.75) is 113 Å². The van der Waals surface area contributed by atoms with Crippen LogP contribution >= 0.6 is 0 Å². The molecule has 3 unspecified atom stereocenters. The van der Waals surface area contributed by atoms with Crippen LogP contribution in [0.4, 0.5) is 0 Å². The number of carbonyl (C=O) groups is 1.